The van der Waals surface area contributed by atoms with Crippen LogP contribution in [0.25, 0.3) is 0 Å². The molecular weight excluding hydrogens is 307 g/mol. The lowest BCUT2D eigenvalue weighted by Crippen LogP contribution is -2.59. The molecule has 0 aromatic heterocycles. The van der Waals surface area contributed by atoms with Gasteiger partial charge in [0.25, 0.3) is 0 Å². The van der Waals surface area contributed by atoms with Gasteiger partial charge in [-0.1, -0.05) is 6.07 Å². The molecule has 5 nitrogen and oxygen atoms in total. The molecule has 1 aromatic rings. The smallest absolute Gasteiger partial charge is 0.246 e. The van der Waals surface area contributed by atoms with E-state index in [0.717, 1.165) is 6.54 Å². The average molecular weight is 328 g/mol. The maximum Gasteiger partial charge on any atom is 0.246 e. The molecular formula is C15H21FN2O3S. The summed E-state index contributed by atoms with van der Waals surface area (Å²) >= 11 is 0. The van der Waals surface area contributed by atoms with Gasteiger partial charge in [-0.2, -0.15) is 4.31 Å². The van der Waals surface area contributed by atoms with Crippen LogP contribution in [0.2, 0.25) is 0 Å². The fourth-order valence-corrected chi connectivity index (χ4v) is 4.70. The number of hydrogen-bond acceptors (Lipinski definition) is 4. The summed E-state index contributed by atoms with van der Waals surface area (Å²) in [4.78, 5) is 1.89. The van der Waals surface area contributed by atoms with E-state index in [1.54, 1.807) is 13.0 Å². The Labute approximate surface area is 130 Å². The van der Waals surface area contributed by atoms with E-state index in [0.29, 0.717) is 31.7 Å². The number of rotatable bonds is 2. The highest BCUT2D eigenvalue weighted by atomic mass is 32.2. The second-order valence-electron chi connectivity index (χ2n) is 6.04. The standard InChI is InChI=1S/C15H21FN2O3S/c1-11-3-4-15(12(16)9-11)22(19,20)18-6-5-14-13(10-18)17(2)7-8-21-14/h3-4,9,13-14H,5-8,10H2,1-2H3/t13-,14+/m0/s1. The van der Waals surface area contributed by atoms with Crippen molar-refractivity contribution in [3.8, 4) is 0 Å². The van der Waals surface area contributed by atoms with Crippen LogP contribution < -0.4 is 0 Å². The molecule has 0 amide bonds. The first-order valence-electron chi connectivity index (χ1n) is 7.48. The normalized spacial score (nSPS) is 27.6. The number of sulfonamides is 1. The van der Waals surface area contributed by atoms with E-state index in [1.807, 2.05) is 7.05 Å². The Morgan fingerprint density at radius 2 is 2.09 bits per heavy atom. The van der Waals surface area contributed by atoms with Gasteiger partial charge in [-0.05, 0) is 38.1 Å². The number of ether oxygens (including phenoxy) is 1. The maximum atomic E-state index is 14.1. The first-order valence-corrected chi connectivity index (χ1v) is 8.92. The summed E-state index contributed by atoms with van der Waals surface area (Å²) < 4.78 is 46.6. The van der Waals surface area contributed by atoms with E-state index in [4.69, 9.17) is 4.74 Å². The van der Waals surface area contributed by atoms with Crippen LogP contribution in [-0.2, 0) is 14.8 Å². The largest absolute Gasteiger partial charge is 0.375 e. The number of aryl methyl sites for hydroxylation is 1. The highest BCUT2D eigenvalue weighted by molar-refractivity contribution is 7.89. The Hall–Kier alpha value is -1.02. The molecule has 3 rings (SSSR count). The molecule has 0 unspecified atom stereocenters. The number of morpholine rings is 1. The molecule has 0 bridgehead atoms. The van der Waals surface area contributed by atoms with Crippen LogP contribution in [0.3, 0.4) is 0 Å². The van der Waals surface area contributed by atoms with Crippen LogP contribution >= 0.6 is 0 Å². The zero-order valence-electron chi connectivity index (χ0n) is 12.8. The molecule has 0 radical (unpaired) electrons. The SMILES string of the molecule is Cc1ccc(S(=O)(=O)N2CC[C@H]3OCCN(C)[C@H]3C2)c(F)c1. The molecule has 2 saturated heterocycles. The fourth-order valence-electron chi connectivity index (χ4n) is 3.19. The van der Waals surface area contributed by atoms with Crippen molar-refractivity contribution < 1.29 is 17.5 Å². The van der Waals surface area contributed by atoms with E-state index in [9.17, 15) is 12.8 Å². The number of halogens is 1. The third-order valence-corrected chi connectivity index (χ3v) is 6.43. The van der Waals surface area contributed by atoms with Gasteiger partial charge in [0.05, 0.1) is 12.7 Å². The lowest BCUT2D eigenvalue weighted by atomic mass is 10.0. The van der Waals surface area contributed by atoms with E-state index >= 15 is 0 Å². The van der Waals surface area contributed by atoms with Gasteiger partial charge in [-0.25, -0.2) is 12.8 Å². The van der Waals surface area contributed by atoms with E-state index in [1.165, 1.54) is 16.4 Å². The first kappa shape index (κ1) is 15.9. The Kier molecular flexibility index (Phi) is 4.24. The summed E-state index contributed by atoms with van der Waals surface area (Å²) in [6.45, 7) is 3.91. The van der Waals surface area contributed by atoms with Crippen molar-refractivity contribution in [3.63, 3.8) is 0 Å². The lowest BCUT2D eigenvalue weighted by Gasteiger charge is -2.45. The van der Waals surface area contributed by atoms with E-state index in [-0.39, 0.29) is 17.0 Å². The third-order valence-electron chi connectivity index (χ3n) is 4.53. The Morgan fingerprint density at radius 3 is 2.82 bits per heavy atom. The molecule has 122 valence electrons. The second kappa shape index (κ2) is 5.88. The number of hydrogen-bond donors (Lipinski definition) is 0. The number of piperidine rings is 1. The molecule has 1 aromatic carbocycles. The van der Waals surface area contributed by atoms with Crippen molar-refractivity contribution in [3.05, 3.63) is 29.6 Å². The van der Waals surface area contributed by atoms with Gasteiger partial charge in [-0.15, -0.1) is 0 Å². The van der Waals surface area contributed by atoms with Gasteiger partial charge in [-0.3, -0.25) is 4.90 Å². The molecule has 0 saturated carbocycles. The van der Waals surface area contributed by atoms with Crippen molar-refractivity contribution >= 4 is 10.0 Å². The van der Waals surface area contributed by atoms with Crippen molar-refractivity contribution in [1.29, 1.82) is 0 Å². The van der Waals surface area contributed by atoms with Crippen LogP contribution in [-0.4, -0.2) is 63.1 Å². The van der Waals surface area contributed by atoms with Crippen molar-refractivity contribution in [1.82, 2.24) is 9.21 Å². The summed E-state index contributed by atoms with van der Waals surface area (Å²) in [5.74, 6) is -0.685. The number of nitrogens with zero attached hydrogens (tertiary/aromatic N) is 2. The average Bonchev–Trinajstić information content (AvgIpc) is 2.47. The quantitative estimate of drug-likeness (QED) is 0.819. The molecule has 2 aliphatic heterocycles. The van der Waals surface area contributed by atoms with Gasteiger partial charge in [0.2, 0.25) is 10.0 Å². The number of fused-ring (bicyclic) bond motifs is 1. The number of likely N-dealkylation sites (N-methyl/N-ethyl adjacent to an activating group) is 1. The molecule has 2 heterocycles. The van der Waals surface area contributed by atoms with Gasteiger partial charge in [0.1, 0.15) is 10.7 Å². The van der Waals surface area contributed by atoms with Gasteiger partial charge in [0.15, 0.2) is 0 Å². The van der Waals surface area contributed by atoms with Crippen LogP contribution in [0.5, 0.6) is 0 Å². The van der Waals surface area contributed by atoms with E-state index < -0.39 is 15.8 Å². The Bertz CT molecular complexity index is 665. The van der Waals surface area contributed by atoms with Crippen LogP contribution in [0.15, 0.2) is 23.1 Å². The molecule has 2 atom stereocenters. The third kappa shape index (κ3) is 2.78. The Morgan fingerprint density at radius 1 is 1.32 bits per heavy atom. The van der Waals surface area contributed by atoms with Crippen LogP contribution in [0, 0.1) is 12.7 Å². The van der Waals surface area contributed by atoms with Crippen LogP contribution in [0.4, 0.5) is 4.39 Å². The van der Waals surface area contributed by atoms with Crippen molar-refractivity contribution in [2.75, 3.05) is 33.3 Å². The zero-order valence-corrected chi connectivity index (χ0v) is 13.6. The topological polar surface area (TPSA) is 49.9 Å². The summed E-state index contributed by atoms with van der Waals surface area (Å²) in [6.07, 6.45) is 0.704. The zero-order chi connectivity index (χ0) is 15.9. The van der Waals surface area contributed by atoms with Crippen molar-refractivity contribution in [2.45, 2.75) is 30.4 Å². The molecule has 22 heavy (non-hydrogen) atoms. The maximum absolute atomic E-state index is 14.1. The molecule has 7 heteroatoms. The summed E-state index contributed by atoms with van der Waals surface area (Å²) in [7, 11) is -1.83. The predicted octanol–water partition coefficient (Wildman–Crippen LogP) is 1.23. The van der Waals surface area contributed by atoms with Crippen LogP contribution in [0.1, 0.15) is 12.0 Å². The van der Waals surface area contributed by atoms with Gasteiger partial charge in [0, 0.05) is 25.7 Å². The highest BCUT2D eigenvalue weighted by Crippen LogP contribution is 2.27. The molecule has 2 fully saturated rings. The first-order chi connectivity index (χ1) is 10.4. The predicted molar refractivity (Wildman–Crippen MR) is 80.7 cm³/mol. The van der Waals surface area contributed by atoms with E-state index in [2.05, 4.69) is 4.90 Å². The molecule has 0 spiro atoms. The second-order valence-corrected chi connectivity index (χ2v) is 7.95. The highest BCUT2D eigenvalue weighted by Gasteiger charge is 2.40. The molecule has 0 N–H and O–H groups in total. The molecule has 2 aliphatic rings. The fraction of sp³-hybridized carbons (Fsp3) is 0.600. The minimum Gasteiger partial charge on any atom is -0.375 e. The summed E-state index contributed by atoms with van der Waals surface area (Å²) in [5, 5.41) is 0. The monoisotopic (exact) mass is 328 g/mol. The van der Waals surface area contributed by atoms with Crippen molar-refractivity contribution in [2.24, 2.45) is 0 Å². The lowest BCUT2D eigenvalue weighted by molar-refractivity contribution is -0.0840. The van der Waals surface area contributed by atoms with Gasteiger partial charge < -0.3 is 4.74 Å². The summed E-state index contributed by atoms with van der Waals surface area (Å²) in [5.41, 5.74) is 0.704. The minimum absolute atomic E-state index is 0.0331. The minimum atomic E-state index is -3.81. The number of benzene rings is 1. The Balaban J connectivity index is 1.86. The van der Waals surface area contributed by atoms with Gasteiger partial charge >= 0.3 is 0 Å². The summed E-state index contributed by atoms with van der Waals surface area (Å²) in [6, 6.07) is 4.27. The molecule has 0 aliphatic carbocycles.